The summed E-state index contributed by atoms with van der Waals surface area (Å²) < 4.78 is 5.85. The lowest BCUT2D eigenvalue weighted by Gasteiger charge is -2.40. The minimum Gasteiger partial charge on any atom is -0.390 e. The van der Waals surface area contributed by atoms with Crippen LogP contribution in [0.25, 0.3) is 0 Å². The topological polar surface area (TPSA) is 32.7 Å². The van der Waals surface area contributed by atoms with Gasteiger partial charge in [-0.1, -0.05) is 33.1 Å². The fourth-order valence-electron chi connectivity index (χ4n) is 3.77. The Labute approximate surface area is 118 Å². The Morgan fingerprint density at radius 1 is 1.32 bits per heavy atom. The van der Waals surface area contributed by atoms with Crippen molar-refractivity contribution in [2.24, 2.45) is 11.8 Å². The van der Waals surface area contributed by atoms with Crippen LogP contribution in [-0.2, 0) is 4.74 Å². The highest BCUT2D eigenvalue weighted by molar-refractivity contribution is 4.85. The lowest BCUT2D eigenvalue weighted by molar-refractivity contribution is -0.112. The van der Waals surface area contributed by atoms with E-state index < -0.39 is 0 Å². The van der Waals surface area contributed by atoms with Gasteiger partial charge in [-0.3, -0.25) is 4.90 Å². The van der Waals surface area contributed by atoms with Gasteiger partial charge in [0.05, 0.1) is 18.8 Å². The molecule has 1 saturated carbocycles. The summed E-state index contributed by atoms with van der Waals surface area (Å²) >= 11 is 0. The molecule has 112 valence electrons. The fourth-order valence-corrected chi connectivity index (χ4v) is 3.77. The molecular formula is C16H31NO2. The molecule has 0 amide bonds. The Kier molecular flexibility index (Phi) is 6.11. The number of aliphatic hydroxyl groups excluding tert-OH is 1. The molecule has 1 aliphatic carbocycles. The second-order valence-corrected chi connectivity index (χ2v) is 6.40. The maximum absolute atomic E-state index is 10.6. The molecule has 2 fully saturated rings. The number of ether oxygens (including phenoxy) is 1. The molecular weight excluding hydrogens is 238 g/mol. The molecule has 2 aliphatic rings. The number of aliphatic hydroxyl groups is 1. The number of rotatable bonds is 5. The minimum absolute atomic E-state index is 0.0425. The molecule has 0 bridgehead atoms. The molecule has 3 nitrogen and oxygen atoms in total. The van der Waals surface area contributed by atoms with Gasteiger partial charge < -0.3 is 9.84 Å². The molecule has 0 aromatic heterocycles. The maximum Gasteiger partial charge on any atom is 0.0963 e. The van der Waals surface area contributed by atoms with Crippen molar-refractivity contribution in [3.05, 3.63) is 0 Å². The van der Waals surface area contributed by atoms with Crippen molar-refractivity contribution in [2.45, 2.75) is 64.6 Å². The summed E-state index contributed by atoms with van der Waals surface area (Å²) in [7, 11) is 0. The number of morpholine rings is 1. The van der Waals surface area contributed by atoms with Crippen LogP contribution in [0.2, 0.25) is 0 Å². The Bertz CT molecular complexity index is 257. The Balaban J connectivity index is 1.85. The second-order valence-electron chi connectivity index (χ2n) is 6.40. The zero-order valence-electron chi connectivity index (χ0n) is 12.7. The van der Waals surface area contributed by atoms with E-state index in [4.69, 9.17) is 4.74 Å². The van der Waals surface area contributed by atoms with E-state index in [2.05, 4.69) is 18.7 Å². The summed E-state index contributed by atoms with van der Waals surface area (Å²) in [4.78, 5) is 2.44. The third-order valence-corrected chi connectivity index (χ3v) is 4.98. The van der Waals surface area contributed by atoms with Gasteiger partial charge in [-0.05, 0) is 37.6 Å². The third-order valence-electron chi connectivity index (χ3n) is 4.98. The van der Waals surface area contributed by atoms with E-state index in [9.17, 15) is 5.11 Å². The van der Waals surface area contributed by atoms with E-state index in [1.807, 2.05) is 0 Å². The quantitative estimate of drug-likeness (QED) is 0.833. The highest BCUT2D eigenvalue weighted by atomic mass is 16.5. The van der Waals surface area contributed by atoms with Gasteiger partial charge in [0.15, 0.2) is 0 Å². The van der Waals surface area contributed by atoms with Crippen LogP contribution in [0.5, 0.6) is 0 Å². The van der Waals surface area contributed by atoms with E-state index in [-0.39, 0.29) is 12.2 Å². The van der Waals surface area contributed by atoms with Gasteiger partial charge in [0.2, 0.25) is 0 Å². The van der Waals surface area contributed by atoms with Crippen molar-refractivity contribution >= 4 is 0 Å². The Hall–Kier alpha value is -0.120. The summed E-state index contributed by atoms with van der Waals surface area (Å²) in [5.41, 5.74) is 0. The van der Waals surface area contributed by atoms with Crippen molar-refractivity contribution in [1.29, 1.82) is 0 Å². The van der Waals surface area contributed by atoms with E-state index in [1.165, 1.54) is 38.5 Å². The average molecular weight is 269 g/mol. The van der Waals surface area contributed by atoms with E-state index >= 15 is 0 Å². The molecule has 2 rings (SSSR count). The average Bonchev–Trinajstić information content (AvgIpc) is 2.47. The molecule has 0 spiro atoms. The summed E-state index contributed by atoms with van der Waals surface area (Å²) in [6.45, 7) is 8.36. The smallest absolute Gasteiger partial charge is 0.0963 e. The monoisotopic (exact) mass is 269 g/mol. The standard InChI is InChI=1S/C16H31NO2/c1-3-8-17-9-10-19-15(12-17)16(18)14-7-5-6-13(4-2)11-14/h13-16,18H,3-12H2,1-2H3. The molecule has 19 heavy (non-hydrogen) atoms. The van der Waals surface area contributed by atoms with Gasteiger partial charge >= 0.3 is 0 Å². The number of hydrogen-bond donors (Lipinski definition) is 1. The normalized spacial score (nSPS) is 35.2. The molecule has 1 saturated heterocycles. The van der Waals surface area contributed by atoms with Gasteiger partial charge in [0, 0.05) is 13.1 Å². The molecule has 0 aromatic carbocycles. The van der Waals surface area contributed by atoms with Crippen LogP contribution < -0.4 is 0 Å². The highest BCUT2D eigenvalue weighted by Gasteiger charge is 2.34. The van der Waals surface area contributed by atoms with Crippen LogP contribution in [0.3, 0.4) is 0 Å². The van der Waals surface area contributed by atoms with E-state index in [1.54, 1.807) is 0 Å². The van der Waals surface area contributed by atoms with Crippen LogP contribution in [0.15, 0.2) is 0 Å². The first-order valence-electron chi connectivity index (χ1n) is 8.26. The third kappa shape index (κ3) is 4.17. The van der Waals surface area contributed by atoms with Crippen LogP contribution in [0.1, 0.15) is 52.4 Å². The zero-order valence-corrected chi connectivity index (χ0v) is 12.7. The first-order valence-corrected chi connectivity index (χ1v) is 8.26. The van der Waals surface area contributed by atoms with Crippen molar-refractivity contribution in [2.75, 3.05) is 26.2 Å². The molecule has 0 aromatic rings. The predicted molar refractivity (Wildman–Crippen MR) is 78.2 cm³/mol. The van der Waals surface area contributed by atoms with Gasteiger partial charge in [0.1, 0.15) is 0 Å². The van der Waals surface area contributed by atoms with Crippen LogP contribution in [-0.4, -0.2) is 48.5 Å². The second kappa shape index (κ2) is 7.61. The van der Waals surface area contributed by atoms with Crippen molar-refractivity contribution in [3.8, 4) is 0 Å². The summed E-state index contributed by atoms with van der Waals surface area (Å²) in [6, 6.07) is 0. The van der Waals surface area contributed by atoms with Gasteiger partial charge in [-0.2, -0.15) is 0 Å². The van der Waals surface area contributed by atoms with Gasteiger partial charge in [0.25, 0.3) is 0 Å². The Morgan fingerprint density at radius 2 is 2.16 bits per heavy atom. The van der Waals surface area contributed by atoms with E-state index in [0.717, 1.165) is 32.2 Å². The largest absolute Gasteiger partial charge is 0.390 e. The Morgan fingerprint density at radius 3 is 2.89 bits per heavy atom. The summed E-state index contributed by atoms with van der Waals surface area (Å²) in [6.07, 6.45) is 7.26. The van der Waals surface area contributed by atoms with Crippen molar-refractivity contribution in [3.63, 3.8) is 0 Å². The minimum atomic E-state index is -0.256. The molecule has 1 N–H and O–H groups in total. The van der Waals surface area contributed by atoms with Crippen LogP contribution in [0, 0.1) is 11.8 Å². The first-order chi connectivity index (χ1) is 9.24. The first kappa shape index (κ1) is 15.3. The predicted octanol–water partition coefficient (Wildman–Crippen LogP) is 2.67. The SMILES string of the molecule is CCCN1CCOC(C(O)C2CCCC(CC)C2)C1. The zero-order chi connectivity index (χ0) is 13.7. The summed E-state index contributed by atoms with van der Waals surface area (Å²) in [5.74, 6) is 1.29. The highest BCUT2D eigenvalue weighted by Crippen LogP contribution is 2.34. The molecule has 4 atom stereocenters. The molecule has 1 heterocycles. The maximum atomic E-state index is 10.6. The lowest BCUT2D eigenvalue weighted by atomic mass is 9.76. The van der Waals surface area contributed by atoms with Gasteiger partial charge in [-0.15, -0.1) is 0 Å². The van der Waals surface area contributed by atoms with Crippen molar-refractivity contribution in [1.82, 2.24) is 4.90 Å². The fraction of sp³-hybridized carbons (Fsp3) is 1.00. The number of hydrogen-bond acceptors (Lipinski definition) is 3. The lowest BCUT2D eigenvalue weighted by Crippen LogP contribution is -2.50. The molecule has 4 unspecified atom stereocenters. The van der Waals surface area contributed by atoms with Gasteiger partial charge in [-0.25, -0.2) is 0 Å². The summed E-state index contributed by atoms with van der Waals surface area (Å²) in [5, 5.41) is 10.6. The van der Waals surface area contributed by atoms with E-state index in [0.29, 0.717) is 5.92 Å². The molecule has 3 heteroatoms. The molecule has 1 aliphatic heterocycles. The van der Waals surface area contributed by atoms with Crippen LogP contribution in [0.4, 0.5) is 0 Å². The molecule has 0 radical (unpaired) electrons. The number of nitrogens with zero attached hydrogens (tertiary/aromatic N) is 1. The van der Waals surface area contributed by atoms with Crippen molar-refractivity contribution < 1.29 is 9.84 Å². The van der Waals surface area contributed by atoms with Crippen LogP contribution >= 0.6 is 0 Å².